The van der Waals surface area contributed by atoms with Crippen LogP contribution in [0.4, 0.5) is 0 Å². The highest BCUT2D eigenvalue weighted by atomic mass is 32.1. The SMILES string of the molecule is [2H]c1c([2H])c([2H])c(-c2nc(-c3ccc4oc5ccccc5c4c3)nc(-c3cccc4c3sc3cccc(-n5c6ccccc6c6ccccc65)c34)n2)c([2H])c1[2H]. The van der Waals surface area contributed by atoms with Gasteiger partial charge in [-0.15, -0.1) is 11.3 Å². The van der Waals surface area contributed by atoms with Crippen LogP contribution in [0.3, 0.4) is 0 Å². The van der Waals surface area contributed by atoms with E-state index in [4.69, 9.17) is 26.2 Å². The maximum Gasteiger partial charge on any atom is 0.165 e. The van der Waals surface area contributed by atoms with Gasteiger partial charge in [0.15, 0.2) is 17.5 Å². The summed E-state index contributed by atoms with van der Waals surface area (Å²) in [6.07, 6.45) is 0. The molecule has 0 aliphatic rings. The minimum atomic E-state index is -0.482. The Morgan fingerprint density at radius 2 is 1.18 bits per heavy atom. The van der Waals surface area contributed by atoms with Crippen molar-refractivity contribution in [2.24, 2.45) is 0 Å². The zero-order valence-corrected chi connectivity index (χ0v) is 27.5. The van der Waals surface area contributed by atoms with Crippen LogP contribution in [0.15, 0.2) is 162 Å². The summed E-state index contributed by atoms with van der Waals surface area (Å²) in [4.78, 5) is 14.8. The summed E-state index contributed by atoms with van der Waals surface area (Å²) in [5, 5.41) is 6.31. The fraction of sp³-hybridized carbons (Fsp3) is 0. The maximum atomic E-state index is 8.83. The number of aromatic nitrogens is 4. The van der Waals surface area contributed by atoms with Crippen LogP contribution in [-0.4, -0.2) is 19.5 Å². The Bertz CT molecular complexity index is 3380. The predicted octanol–water partition coefficient (Wildman–Crippen LogP) is 12.2. The van der Waals surface area contributed by atoms with Crippen molar-refractivity contribution in [3.05, 3.63) is 158 Å². The molecule has 0 saturated carbocycles. The molecular formula is C45H26N4OS. The summed E-state index contributed by atoms with van der Waals surface area (Å²) in [6, 6.07) is 40.7. The Balaban J connectivity index is 1.18. The zero-order valence-electron chi connectivity index (χ0n) is 31.7. The van der Waals surface area contributed by atoms with Crippen LogP contribution in [0, 0.1) is 0 Å². The molecule has 11 rings (SSSR count). The Morgan fingerprint density at radius 3 is 1.98 bits per heavy atom. The van der Waals surface area contributed by atoms with Gasteiger partial charge < -0.3 is 8.98 Å². The molecule has 0 saturated heterocycles. The van der Waals surface area contributed by atoms with E-state index in [2.05, 4.69) is 77.4 Å². The molecule has 0 spiro atoms. The van der Waals surface area contributed by atoms with Gasteiger partial charge in [0.05, 0.1) is 23.6 Å². The van der Waals surface area contributed by atoms with Crippen LogP contribution in [0.2, 0.25) is 0 Å². The van der Waals surface area contributed by atoms with E-state index in [1.54, 1.807) is 11.3 Å². The number of hydrogen-bond donors (Lipinski definition) is 0. The number of hydrogen-bond acceptors (Lipinski definition) is 5. The lowest BCUT2D eigenvalue weighted by atomic mass is 10.1. The van der Waals surface area contributed by atoms with Gasteiger partial charge >= 0.3 is 0 Å². The molecule has 0 unspecified atom stereocenters. The largest absolute Gasteiger partial charge is 0.456 e. The van der Waals surface area contributed by atoms with Crippen LogP contribution in [-0.2, 0) is 0 Å². The molecule has 0 aliphatic carbocycles. The number of nitrogens with zero attached hydrogens (tertiary/aromatic N) is 4. The zero-order chi connectivity index (χ0) is 37.8. The number of benzene rings is 7. The normalized spacial score (nSPS) is 13.3. The molecule has 4 aromatic heterocycles. The molecule has 5 nitrogen and oxygen atoms in total. The molecule has 238 valence electrons. The van der Waals surface area contributed by atoms with E-state index in [-0.39, 0.29) is 23.5 Å². The van der Waals surface area contributed by atoms with E-state index in [0.29, 0.717) is 22.8 Å². The van der Waals surface area contributed by atoms with Crippen LogP contribution in [0.1, 0.15) is 6.85 Å². The molecule has 7 aromatic carbocycles. The Hall–Kier alpha value is -6.63. The van der Waals surface area contributed by atoms with Gasteiger partial charge in [-0.05, 0) is 54.6 Å². The van der Waals surface area contributed by atoms with Crippen molar-refractivity contribution in [2.75, 3.05) is 0 Å². The lowest BCUT2D eigenvalue weighted by molar-refractivity contribution is 0.669. The monoisotopic (exact) mass is 675 g/mol. The van der Waals surface area contributed by atoms with Gasteiger partial charge in [0.25, 0.3) is 0 Å². The van der Waals surface area contributed by atoms with Gasteiger partial charge in [-0.2, -0.15) is 0 Å². The van der Waals surface area contributed by atoms with E-state index in [0.717, 1.165) is 58.8 Å². The molecule has 0 N–H and O–H groups in total. The first-order chi connectivity index (χ1) is 27.4. The smallest absolute Gasteiger partial charge is 0.165 e. The first-order valence-corrected chi connectivity index (χ1v) is 17.4. The standard InChI is InChI=1S/C45H26N4OS/c1-2-12-27(13-3-1)43-46-44(28-24-25-39-34(26-28)31-16-6-9-22-38(31)50-39)48-45(47-43)33-18-10-17-32-41-37(21-11-23-40(41)51-42(32)33)49-35-19-7-4-14-29(35)30-15-5-8-20-36(30)49/h1-26H/i1D,2D,3D,12D,13D. The maximum absolute atomic E-state index is 8.83. The van der Waals surface area contributed by atoms with Gasteiger partial charge in [-0.1, -0.05) is 103 Å². The summed E-state index contributed by atoms with van der Waals surface area (Å²) in [7, 11) is 0. The van der Waals surface area contributed by atoms with Gasteiger partial charge in [0.2, 0.25) is 0 Å². The van der Waals surface area contributed by atoms with Gasteiger partial charge in [0, 0.05) is 58.4 Å². The second-order valence-corrected chi connectivity index (χ2v) is 13.5. The molecule has 51 heavy (non-hydrogen) atoms. The number of furan rings is 1. The third kappa shape index (κ3) is 4.30. The molecular weight excluding hydrogens is 645 g/mol. The Kier molecular flexibility index (Phi) is 5.08. The van der Waals surface area contributed by atoms with Crippen molar-refractivity contribution >= 4 is 75.3 Å². The van der Waals surface area contributed by atoms with Crippen LogP contribution < -0.4 is 0 Å². The fourth-order valence-electron chi connectivity index (χ4n) is 7.34. The van der Waals surface area contributed by atoms with Gasteiger partial charge in [-0.25, -0.2) is 15.0 Å². The summed E-state index contributed by atoms with van der Waals surface area (Å²) in [5.41, 5.74) is 6.07. The number of thiophene rings is 1. The second kappa shape index (κ2) is 10.9. The minimum absolute atomic E-state index is 0.0109. The highest BCUT2D eigenvalue weighted by Crippen LogP contribution is 2.44. The third-order valence-corrected chi connectivity index (χ3v) is 10.8. The molecule has 4 heterocycles. The van der Waals surface area contributed by atoms with Crippen molar-refractivity contribution in [2.45, 2.75) is 0 Å². The lowest BCUT2D eigenvalue weighted by Gasteiger charge is -2.11. The van der Waals surface area contributed by atoms with E-state index in [9.17, 15) is 0 Å². The first-order valence-electron chi connectivity index (χ1n) is 19.0. The third-order valence-electron chi connectivity index (χ3n) is 9.56. The summed E-state index contributed by atoms with van der Waals surface area (Å²) < 4.78 is 53.2. The van der Waals surface area contributed by atoms with Gasteiger partial charge in [-0.3, -0.25) is 0 Å². The molecule has 0 bridgehead atoms. The van der Waals surface area contributed by atoms with Crippen molar-refractivity contribution < 1.29 is 11.3 Å². The van der Waals surface area contributed by atoms with Crippen LogP contribution in [0.5, 0.6) is 0 Å². The molecule has 0 radical (unpaired) electrons. The minimum Gasteiger partial charge on any atom is -0.456 e. The average Bonchev–Trinajstić information content (AvgIpc) is 3.91. The molecule has 6 heteroatoms. The van der Waals surface area contributed by atoms with Crippen molar-refractivity contribution in [3.8, 4) is 39.9 Å². The van der Waals surface area contributed by atoms with Gasteiger partial charge in [0.1, 0.15) is 11.2 Å². The second-order valence-electron chi connectivity index (χ2n) is 12.4. The van der Waals surface area contributed by atoms with E-state index >= 15 is 0 Å². The van der Waals surface area contributed by atoms with E-state index < -0.39 is 18.1 Å². The van der Waals surface area contributed by atoms with Crippen molar-refractivity contribution in [1.82, 2.24) is 19.5 Å². The predicted molar refractivity (Wildman–Crippen MR) is 211 cm³/mol. The highest BCUT2D eigenvalue weighted by Gasteiger charge is 2.20. The summed E-state index contributed by atoms with van der Waals surface area (Å²) >= 11 is 1.64. The van der Waals surface area contributed by atoms with Crippen LogP contribution >= 0.6 is 11.3 Å². The summed E-state index contributed by atoms with van der Waals surface area (Å²) in [5.74, 6) is 0.612. The molecule has 0 fully saturated rings. The topological polar surface area (TPSA) is 56.7 Å². The Labute approximate surface area is 302 Å². The van der Waals surface area contributed by atoms with Crippen LogP contribution in [0.25, 0.3) is 104 Å². The lowest BCUT2D eigenvalue weighted by Crippen LogP contribution is -2.00. The number of para-hydroxylation sites is 3. The highest BCUT2D eigenvalue weighted by molar-refractivity contribution is 7.26. The van der Waals surface area contributed by atoms with Crippen molar-refractivity contribution in [3.63, 3.8) is 0 Å². The first kappa shape index (κ1) is 23.7. The van der Waals surface area contributed by atoms with E-state index in [1.807, 2.05) is 54.6 Å². The fourth-order valence-corrected chi connectivity index (χ4v) is 8.57. The Morgan fingerprint density at radius 1 is 0.529 bits per heavy atom. The average molecular weight is 676 g/mol. The number of fused-ring (bicyclic) bond motifs is 9. The number of rotatable bonds is 4. The quantitative estimate of drug-likeness (QED) is 0.186. The van der Waals surface area contributed by atoms with E-state index in [1.165, 1.54) is 10.8 Å². The molecule has 0 amide bonds. The molecule has 0 aliphatic heterocycles. The van der Waals surface area contributed by atoms with Crippen molar-refractivity contribution in [1.29, 1.82) is 0 Å². The molecule has 0 atom stereocenters. The summed E-state index contributed by atoms with van der Waals surface area (Å²) in [6.45, 7) is 0. The molecule has 11 aromatic rings.